The number of hydrogen-bond acceptors (Lipinski definition) is 4. The fourth-order valence-corrected chi connectivity index (χ4v) is 4.44. The molecule has 4 aromatic rings. The lowest BCUT2D eigenvalue weighted by Gasteiger charge is -2.32. The quantitative estimate of drug-likeness (QED) is 0.419. The van der Waals surface area contributed by atoms with Gasteiger partial charge in [0.05, 0.1) is 23.9 Å². The first-order valence-corrected chi connectivity index (χ1v) is 11.9. The van der Waals surface area contributed by atoms with E-state index in [0.29, 0.717) is 54.3 Å². The van der Waals surface area contributed by atoms with Crippen LogP contribution >= 0.6 is 11.6 Å². The predicted molar refractivity (Wildman–Crippen MR) is 133 cm³/mol. The molecule has 0 radical (unpaired) electrons. The molecule has 3 heterocycles. The monoisotopic (exact) mass is 488 g/mol. The van der Waals surface area contributed by atoms with Crippen LogP contribution in [0.15, 0.2) is 83.8 Å². The molecule has 2 amide bonds. The first-order valence-electron chi connectivity index (χ1n) is 11.6. The molecule has 1 aliphatic heterocycles. The van der Waals surface area contributed by atoms with Gasteiger partial charge < -0.3 is 14.6 Å². The second-order valence-corrected chi connectivity index (χ2v) is 9.07. The molecule has 1 saturated heterocycles. The van der Waals surface area contributed by atoms with E-state index in [2.05, 4.69) is 5.32 Å². The van der Waals surface area contributed by atoms with Crippen molar-refractivity contribution in [2.75, 3.05) is 13.1 Å². The number of benzene rings is 2. The van der Waals surface area contributed by atoms with Crippen LogP contribution in [0, 0.1) is 0 Å². The molecule has 0 unspecified atom stereocenters. The van der Waals surface area contributed by atoms with Gasteiger partial charge >= 0.3 is 0 Å². The molecule has 0 spiro atoms. The zero-order chi connectivity index (χ0) is 24.2. The number of aromatic nitrogens is 2. The van der Waals surface area contributed by atoms with Crippen molar-refractivity contribution in [3.8, 4) is 11.3 Å². The number of nitrogens with zero attached hydrogens (tertiary/aromatic N) is 3. The van der Waals surface area contributed by atoms with E-state index < -0.39 is 0 Å². The van der Waals surface area contributed by atoms with E-state index in [0.717, 1.165) is 11.1 Å². The van der Waals surface area contributed by atoms with Crippen molar-refractivity contribution in [2.45, 2.75) is 25.4 Å². The zero-order valence-corrected chi connectivity index (χ0v) is 19.8. The average molecular weight is 489 g/mol. The van der Waals surface area contributed by atoms with Crippen molar-refractivity contribution >= 4 is 23.4 Å². The second-order valence-electron chi connectivity index (χ2n) is 8.63. The van der Waals surface area contributed by atoms with Crippen molar-refractivity contribution < 1.29 is 14.0 Å². The first kappa shape index (κ1) is 22.9. The molecule has 8 heteroatoms. The van der Waals surface area contributed by atoms with Gasteiger partial charge in [0.15, 0.2) is 0 Å². The number of likely N-dealkylation sites (tertiary alicyclic amines) is 1. The highest BCUT2D eigenvalue weighted by Crippen LogP contribution is 2.25. The van der Waals surface area contributed by atoms with Gasteiger partial charge in [-0.15, -0.1) is 0 Å². The van der Waals surface area contributed by atoms with E-state index in [4.69, 9.17) is 21.1 Å². The van der Waals surface area contributed by atoms with Gasteiger partial charge in [0, 0.05) is 35.9 Å². The molecule has 35 heavy (non-hydrogen) atoms. The van der Waals surface area contributed by atoms with Crippen LogP contribution in [-0.4, -0.2) is 45.6 Å². The highest BCUT2D eigenvalue weighted by Gasteiger charge is 2.27. The van der Waals surface area contributed by atoms with E-state index in [1.165, 1.54) is 12.5 Å². The number of rotatable bonds is 6. The summed E-state index contributed by atoms with van der Waals surface area (Å²) in [5.74, 6) is -0.218. The maximum Gasteiger partial charge on any atom is 0.257 e. The molecule has 5 rings (SSSR count). The summed E-state index contributed by atoms with van der Waals surface area (Å²) in [7, 11) is 0. The van der Waals surface area contributed by atoms with Gasteiger partial charge in [0.1, 0.15) is 12.0 Å². The zero-order valence-electron chi connectivity index (χ0n) is 19.1. The van der Waals surface area contributed by atoms with Crippen LogP contribution in [0.2, 0.25) is 5.02 Å². The van der Waals surface area contributed by atoms with E-state index in [-0.39, 0.29) is 17.9 Å². The number of carbonyl (C=O) groups excluding carboxylic acids is 2. The molecule has 178 valence electrons. The molecular formula is C27H25ClN4O3. The lowest BCUT2D eigenvalue weighted by Crippen LogP contribution is -2.46. The van der Waals surface area contributed by atoms with Crippen molar-refractivity contribution in [3.63, 3.8) is 0 Å². The minimum atomic E-state index is -0.172. The number of halogens is 1. The third-order valence-electron chi connectivity index (χ3n) is 6.20. The Balaban J connectivity index is 1.31. The van der Waals surface area contributed by atoms with Crippen LogP contribution in [0.3, 0.4) is 0 Å². The molecule has 1 N–H and O–H groups in total. The fraction of sp³-hybridized carbons (Fsp3) is 0.222. The molecule has 0 saturated carbocycles. The summed E-state index contributed by atoms with van der Waals surface area (Å²) in [6.07, 6.45) is 6.12. The van der Waals surface area contributed by atoms with Crippen LogP contribution in [0.5, 0.6) is 0 Å². The Morgan fingerprint density at radius 3 is 2.46 bits per heavy atom. The average Bonchev–Trinajstić information content (AvgIpc) is 3.56. The third-order valence-corrected chi connectivity index (χ3v) is 6.45. The predicted octanol–water partition coefficient (Wildman–Crippen LogP) is 4.88. The van der Waals surface area contributed by atoms with Gasteiger partial charge in [-0.1, -0.05) is 54.1 Å². The minimum absolute atomic E-state index is 0.0218. The van der Waals surface area contributed by atoms with Crippen LogP contribution < -0.4 is 5.32 Å². The van der Waals surface area contributed by atoms with Crippen LogP contribution in [0.4, 0.5) is 0 Å². The highest BCUT2D eigenvalue weighted by atomic mass is 35.5. The molecule has 0 atom stereocenters. The van der Waals surface area contributed by atoms with E-state index in [1.807, 2.05) is 42.5 Å². The Hall–Kier alpha value is -3.84. The summed E-state index contributed by atoms with van der Waals surface area (Å²) in [6.45, 7) is 1.71. The summed E-state index contributed by atoms with van der Waals surface area (Å²) in [6, 6.07) is 19.0. The van der Waals surface area contributed by atoms with Crippen LogP contribution in [-0.2, 0) is 6.54 Å². The molecule has 1 aliphatic rings. The number of piperidine rings is 1. The largest absolute Gasteiger partial charge is 0.472 e. The van der Waals surface area contributed by atoms with Crippen LogP contribution in [0.1, 0.15) is 39.1 Å². The number of hydrogen-bond donors (Lipinski definition) is 1. The molecule has 7 nitrogen and oxygen atoms in total. The van der Waals surface area contributed by atoms with Gasteiger partial charge in [0.2, 0.25) is 0 Å². The molecule has 0 aliphatic carbocycles. The molecular weight excluding hydrogens is 464 g/mol. The Bertz CT molecular complexity index is 1290. The van der Waals surface area contributed by atoms with E-state index in [1.54, 1.807) is 34.0 Å². The van der Waals surface area contributed by atoms with Crippen molar-refractivity contribution in [1.29, 1.82) is 0 Å². The minimum Gasteiger partial charge on any atom is -0.472 e. The summed E-state index contributed by atoms with van der Waals surface area (Å²) in [5, 5.41) is 8.51. The van der Waals surface area contributed by atoms with Crippen molar-refractivity contribution in [1.82, 2.24) is 20.0 Å². The second kappa shape index (κ2) is 10.2. The summed E-state index contributed by atoms with van der Waals surface area (Å²) < 4.78 is 6.82. The number of furan rings is 1. The number of carbonyl (C=O) groups is 2. The summed E-state index contributed by atoms with van der Waals surface area (Å²) >= 11 is 6.07. The normalized spacial score (nSPS) is 14.1. The van der Waals surface area contributed by atoms with E-state index >= 15 is 0 Å². The maximum absolute atomic E-state index is 13.4. The molecule has 1 fully saturated rings. The van der Waals surface area contributed by atoms with Gasteiger partial charge in [0.25, 0.3) is 11.8 Å². The first-order chi connectivity index (χ1) is 17.1. The Kier molecular flexibility index (Phi) is 6.68. The fourth-order valence-electron chi connectivity index (χ4n) is 4.32. The summed E-state index contributed by atoms with van der Waals surface area (Å²) in [4.78, 5) is 27.7. The topological polar surface area (TPSA) is 80.4 Å². The van der Waals surface area contributed by atoms with Gasteiger partial charge in [-0.25, -0.2) is 0 Å². The van der Waals surface area contributed by atoms with Crippen molar-refractivity contribution in [2.24, 2.45) is 0 Å². The number of amides is 2. The van der Waals surface area contributed by atoms with Crippen molar-refractivity contribution in [3.05, 3.63) is 101 Å². The molecule has 2 aromatic heterocycles. The number of nitrogens with one attached hydrogen (secondary N) is 1. The smallest absolute Gasteiger partial charge is 0.257 e. The standard InChI is InChI=1S/C27H25ClN4O3/c28-22-8-6-20(7-9-22)25-24(17-32(30-25)16-19-4-2-1-3-5-19)26(33)29-23-10-13-31(14-11-23)27(34)21-12-15-35-18-21/h1-9,12,15,17-18,23H,10-11,13-14,16H2,(H,29,33). The summed E-state index contributed by atoms with van der Waals surface area (Å²) in [5.41, 5.74) is 3.60. The van der Waals surface area contributed by atoms with Gasteiger partial charge in [-0.2, -0.15) is 5.10 Å². The lowest BCUT2D eigenvalue weighted by atomic mass is 10.0. The molecule has 2 aromatic carbocycles. The highest BCUT2D eigenvalue weighted by molar-refractivity contribution is 6.30. The van der Waals surface area contributed by atoms with Crippen LogP contribution in [0.25, 0.3) is 11.3 Å². The lowest BCUT2D eigenvalue weighted by molar-refractivity contribution is 0.0697. The Morgan fingerprint density at radius 2 is 1.77 bits per heavy atom. The van der Waals surface area contributed by atoms with Gasteiger partial charge in [-0.05, 0) is 36.6 Å². The SMILES string of the molecule is O=C(NC1CCN(C(=O)c2ccoc2)CC1)c1cn(Cc2ccccc2)nc1-c1ccc(Cl)cc1. The Morgan fingerprint density at radius 1 is 1.03 bits per heavy atom. The van der Waals surface area contributed by atoms with E-state index in [9.17, 15) is 9.59 Å². The van der Waals surface area contributed by atoms with Gasteiger partial charge in [-0.3, -0.25) is 14.3 Å². The third kappa shape index (κ3) is 5.30. The molecule has 0 bridgehead atoms. The maximum atomic E-state index is 13.4. The Labute approximate surface area is 208 Å².